The van der Waals surface area contributed by atoms with Crippen molar-refractivity contribution in [3.8, 4) is 0 Å². The number of carbonyl (C=O) groups is 1. The van der Waals surface area contributed by atoms with E-state index in [4.69, 9.17) is 4.74 Å². The van der Waals surface area contributed by atoms with Gasteiger partial charge >= 0.3 is 0 Å². The predicted octanol–water partition coefficient (Wildman–Crippen LogP) is 1.62. The maximum atomic E-state index is 12.2. The lowest BCUT2D eigenvalue weighted by molar-refractivity contribution is -0.132. The summed E-state index contributed by atoms with van der Waals surface area (Å²) in [6, 6.07) is 0. The number of carbonyl (C=O) groups excluding carboxylic acids is 1. The van der Waals surface area contributed by atoms with Gasteiger partial charge in [-0.3, -0.25) is 9.79 Å². The Morgan fingerprint density at radius 3 is 2.87 bits per heavy atom. The zero-order chi connectivity index (χ0) is 16.9. The van der Waals surface area contributed by atoms with Gasteiger partial charge in [-0.2, -0.15) is 0 Å². The number of rotatable bonds is 9. The van der Waals surface area contributed by atoms with Crippen LogP contribution in [0.3, 0.4) is 0 Å². The molecule has 1 atom stereocenters. The van der Waals surface area contributed by atoms with Crippen LogP contribution in [0.15, 0.2) is 4.99 Å². The molecule has 1 rings (SSSR count). The van der Waals surface area contributed by atoms with Gasteiger partial charge in [0.2, 0.25) is 5.91 Å². The molecule has 0 aromatic carbocycles. The number of amides is 1. The SMILES string of the molecule is CCNC(=NCCCOCC)NCCC(=O)N1CCCC(C)C1. The average Bonchev–Trinajstić information content (AvgIpc) is 2.54. The van der Waals surface area contributed by atoms with Gasteiger partial charge in [-0.05, 0) is 39.0 Å². The van der Waals surface area contributed by atoms with Crippen LogP contribution >= 0.6 is 0 Å². The van der Waals surface area contributed by atoms with Crippen molar-refractivity contribution < 1.29 is 9.53 Å². The van der Waals surface area contributed by atoms with Crippen LogP contribution in [0.4, 0.5) is 0 Å². The van der Waals surface area contributed by atoms with Crippen molar-refractivity contribution in [3.05, 3.63) is 0 Å². The van der Waals surface area contributed by atoms with Gasteiger partial charge in [-0.25, -0.2) is 0 Å². The number of likely N-dealkylation sites (tertiary alicyclic amines) is 1. The molecule has 1 unspecified atom stereocenters. The smallest absolute Gasteiger partial charge is 0.224 e. The standard InChI is InChI=1S/C17H34N4O2/c1-4-18-17(19-10-7-13-23-5-2)20-11-9-16(22)21-12-6-8-15(3)14-21/h15H,4-14H2,1-3H3,(H2,18,19,20). The number of nitrogens with zero attached hydrogens (tertiary/aromatic N) is 2. The van der Waals surface area contributed by atoms with E-state index in [1.807, 2.05) is 18.7 Å². The summed E-state index contributed by atoms with van der Waals surface area (Å²) >= 11 is 0. The Morgan fingerprint density at radius 2 is 2.17 bits per heavy atom. The zero-order valence-electron chi connectivity index (χ0n) is 15.1. The van der Waals surface area contributed by atoms with Crippen LogP contribution in [-0.2, 0) is 9.53 Å². The molecule has 0 bridgehead atoms. The molecule has 1 aliphatic heterocycles. The van der Waals surface area contributed by atoms with E-state index in [1.165, 1.54) is 6.42 Å². The number of nitrogens with one attached hydrogen (secondary N) is 2. The Morgan fingerprint density at radius 1 is 1.35 bits per heavy atom. The topological polar surface area (TPSA) is 66.0 Å². The molecule has 0 aromatic rings. The van der Waals surface area contributed by atoms with Crippen molar-refractivity contribution in [3.63, 3.8) is 0 Å². The summed E-state index contributed by atoms with van der Waals surface area (Å²) in [7, 11) is 0. The molecule has 1 heterocycles. The van der Waals surface area contributed by atoms with Gasteiger partial charge in [0.05, 0.1) is 0 Å². The van der Waals surface area contributed by atoms with Crippen molar-refractivity contribution in [2.24, 2.45) is 10.9 Å². The summed E-state index contributed by atoms with van der Waals surface area (Å²) in [4.78, 5) is 18.7. The minimum atomic E-state index is 0.247. The third kappa shape index (κ3) is 8.79. The summed E-state index contributed by atoms with van der Waals surface area (Å²) in [6.45, 7) is 11.7. The molecular weight excluding hydrogens is 292 g/mol. The second-order valence-electron chi connectivity index (χ2n) is 6.08. The summed E-state index contributed by atoms with van der Waals surface area (Å²) in [5, 5.41) is 6.45. The van der Waals surface area contributed by atoms with Crippen LogP contribution in [0.25, 0.3) is 0 Å². The summed E-state index contributed by atoms with van der Waals surface area (Å²) < 4.78 is 5.30. The fourth-order valence-electron chi connectivity index (χ4n) is 2.71. The van der Waals surface area contributed by atoms with E-state index in [0.717, 1.165) is 58.2 Å². The third-order valence-electron chi connectivity index (χ3n) is 3.91. The van der Waals surface area contributed by atoms with Crippen LogP contribution in [0.1, 0.15) is 46.5 Å². The summed E-state index contributed by atoms with van der Waals surface area (Å²) in [6.07, 6.45) is 3.80. The number of hydrogen-bond donors (Lipinski definition) is 2. The molecule has 1 amide bonds. The van der Waals surface area contributed by atoms with E-state index >= 15 is 0 Å². The number of piperidine rings is 1. The number of guanidine groups is 1. The van der Waals surface area contributed by atoms with Gasteiger partial charge in [0.15, 0.2) is 5.96 Å². The van der Waals surface area contributed by atoms with Crippen LogP contribution in [0, 0.1) is 5.92 Å². The molecule has 134 valence electrons. The largest absolute Gasteiger partial charge is 0.382 e. The van der Waals surface area contributed by atoms with Crippen molar-refractivity contribution in [2.75, 3.05) is 45.9 Å². The first-order chi connectivity index (χ1) is 11.2. The summed E-state index contributed by atoms with van der Waals surface area (Å²) in [5.41, 5.74) is 0. The highest BCUT2D eigenvalue weighted by Crippen LogP contribution is 2.15. The van der Waals surface area contributed by atoms with Crippen LogP contribution in [0.2, 0.25) is 0 Å². The number of aliphatic imine (C=N–C) groups is 1. The Bertz CT molecular complexity index is 361. The second kappa shape index (κ2) is 12.2. The monoisotopic (exact) mass is 326 g/mol. The quantitative estimate of drug-likeness (QED) is 0.384. The first-order valence-corrected chi connectivity index (χ1v) is 9.05. The van der Waals surface area contributed by atoms with Crippen molar-refractivity contribution >= 4 is 11.9 Å². The van der Waals surface area contributed by atoms with E-state index in [1.54, 1.807) is 0 Å². The number of ether oxygens (including phenoxy) is 1. The van der Waals surface area contributed by atoms with Gasteiger partial charge in [0.1, 0.15) is 0 Å². The van der Waals surface area contributed by atoms with Crippen molar-refractivity contribution in [2.45, 2.75) is 46.5 Å². The Kier molecular flexibility index (Phi) is 10.4. The lowest BCUT2D eigenvalue weighted by atomic mass is 10.00. The van der Waals surface area contributed by atoms with E-state index < -0.39 is 0 Å². The molecule has 2 N–H and O–H groups in total. The van der Waals surface area contributed by atoms with Gasteiger partial charge < -0.3 is 20.3 Å². The fraction of sp³-hybridized carbons (Fsp3) is 0.882. The predicted molar refractivity (Wildman–Crippen MR) is 94.7 cm³/mol. The van der Waals surface area contributed by atoms with Crippen molar-refractivity contribution in [1.29, 1.82) is 0 Å². The molecular formula is C17H34N4O2. The van der Waals surface area contributed by atoms with E-state index in [-0.39, 0.29) is 5.91 Å². The molecule has 6 nitrogen and oxygen atoms in total. The minimum absolute atomic E-state index is 0.247. The van der Waals surface area contributed by atoms with Gasteiger partial charge in [0, 0.05) is 52.4 Å². The maximum Gasteiger partial charge on any atom is 0.224 e. The molecule has 0 spiro atoms. The molecule has 1 aliphatic rings. The zero-order valence-corrected chi connectivity index (χ0v) is 15.1. The first-order valence-electron chi connectivity index (χ1n) is 9.05. The molecule has 0 saturated carbocycles. The Balaban J connectivity index is 2.25. The molecule has 1 saturated heterocycles. The van der Waals surface area contributed by atoms with Crippen LogP contribution < -0.4 is 10.6 Å². The normalized spacial score (nSPS) is 18.8. The molecule has 1 fully saturated rings. The van der Waals surface area contributed by atoms with Gasteiger partial charge in [0.25, 0.3) is 0 Å². The average molecular weight is 326 g/mol. The highest BCUT2D eigenvalue weighted by molar-refractivity contribution is 5.81. The fourth-order valence-corrected chi connectivity index (χ4v) is 2.71. The van der Waals surface area contributed by atoms with Gasteiger partial charge in [-0.15, -0.1) is 0 Å². The van der Waals surface area contributed by atoms with E-state index in [9.17, 15) is 4.79 Å². The number of hydrogen-bond acceptors (Lipinski definition) is 3. The first kappa shape index (κ1) is 19.7. The maximum absolute atomic E-state index is 12.2. The third-order valence-corrected chi connectivity index (χ3v) is 3.91. The lowest BCUT2D eigenvalue weighted by Gasteiger charge is -2.31. The summed E-state index contributed by atoms with van der Waals surface area (Å²) in [5.74, 6) is 1.66. The minimum Gasteiger partial charge on any atom is -0.382 e. The Hall–Kier alpha value is -1.30. The lowest BCUT2D eigenvalue weighted by Crippen LogP contribution is -2.42. The highest BCUT2D eigenvalue weighted by atomic mass is 16.5. The van der Waals surface area contributed by atoms with Crippen LogP contribution in [0.5, 0.6) is 0 Å². The van der Waals surface area contributed by atoms with E-state index in [0.29, 0.717) is 18.9 Å². The highest BCUT2D eigenvalue weighted by Gasteiger charge is 2.20. The van der Waals surface area contributed by atoms with E-state index in [2.05, 4.69) is 22.5 Å². The molecule has 6 heteroatoms. The van der Waals surface area contributed by atoms with Crippen molar-refractivity contribution in [1.82, 2.24) is 15.5 Å². The molecule has 0 aromatic heterocycles. The molecule has 23 heavy (non-hydrogen) atoms. The Labute approximate surface area is 141 Å². The van der Waals surface area contributed by atoms with Crippen LogP contribution in [-0.4, -0.2) is 62.7 Å². The molecule has 0 aliphatic carbocycles. The second-order valence-corrected chi connectivity index (χ2v) is 6.08. The molecule has 0 radical (unpaired) electrons. The van der Waals surface area contributed by atoms with Gasteiger partial charge in [-0.1, -0.05) is 6.92 Å².